The zero-order valence-electron chi connectivity index (χ0n) is 16.4. The van der Waals surface area contributed by atoms with Gasteiger partial charge in [0.2, 0.25) is 0 Å². The molecule has 1 amide bonds. The van der Waals surface area contributed by atoms with Gasteiger partial charge in [-0.1, -0.05) is 40.2 Å². The van der Waals surface area contributed by atoms with Gasteiger partial charge in [-0.25, -0.2) is 0 Å². The van der Waals surface area contributed by atoms with Gasteiger partial charge in [-0.2, -0.15) is 13.2 Å². The lowest BCUT2D eigenvalue weighted by Gasteiger charge is -2.39. The van der Waals surface area contributed by atoms with E-state index in [4.69, 9.17) is 4.74 Å². The maximum Gasteiger partial charge on any atom is 0.416 e. The van der Waals surface area contributed by atoms with Crippen LogP contribution in [0.1, 0.15) is 34.6 Å². The SMILES string of the molecule is CCOc1cccc(N2C(=O)c3cc(Br)ccc3NC2c2ccccc2C(F)(F)F)c1. The van der Waals surface area contributed by atoms with Crippen molar-refractivity contribution in [1.29, 1.82) is 0 Å². The van der Waals surface area contributed by atoms with E-state index in [0.29, 0.717) is 33.8 Å². The summed E-state index contributed by atoms with van der Waals surface area (Å²) in [6.45, 7) is 2.25. The second-order valence-electron chi connectivity index (χ2n) is 6.93. The topological polar surface area (TPSA) is 41.6 Å². The molecule has 0 radical (unpaired) electrons. The van der Waals surface area contributed by atoms with Crippen LogP contribution in [0.4, 0.5) is 24.5 Å². The summed E-state index contributed by atoms with van der Waals surface area (Å²) in [6, 6.07) is 17.1. The molecule has 3 aromatic rings. The predicted octanol–water partition coefficient (Wildman–Crippen LogP) is 6.64. The van der Waals surface area contributed by atoms with Gasteiger partial charge >= 0.3 is 6.18 Å². The van der Waals surface area contributed by atoms with Crippen molar-refractivity contribution in [3.05, 3.63) is 87.9 Å². The molecule has 1 aliphatic heterocycles. The molecule has 0 spiro atoms. The van der Waals surface area contributed by atoms with Crippen LogP contribution in [-0.4, -0.2) is 12.5 Å². The number of nitrogens with zero attached hydrogens (tertiary/aromatic N) is 1. The van der Waals surface area contributed by atoms with Crippen LogP contribution in [-0.2, 0) is 6.18 Å². The zero-order valence-corrected chi connectivity index (χ0v) is 18.0. The van der Waals surface area contributed by atoms with Crippen LogP contribution < -0.4 is 15.0 Å². The highest BCUT2D eigenvalue weighted by Gasteiger charge is 2.40. The minimum absolute atomic E-state index is 0.0428. The molecule has 4 rings (SSSR count). The van der Waals surface area contributed by atoms with Crippen LogP contribution >= 0.6 is 15.9 Å². The molecule has 0 bridgehead atoms. The van der Waals surface area contributed by atoms with Gasteiger partial charge in [-0.05, 0) is 43.3 Å². The van der Waals surface area contributed by atoms with E-state index >= 15 is 0 Å². The molecule has 3 aromatic carbocycles. The first-order valence-corrected chi connectivity index (χ1v) is 10.4. The number of alkyl halides is 3. The molecule has 1 unspecified atom stereocenters. The Kier molecular flexibility index (Phi) is 5.66. The van der Waals surface area contributed by atoms with E-state index in [2.05, 4.69) is 21.2 Å². The average molecular weight is 491 g/mol. The molecule has 1 heterocycles. The third kappa shape index (κ3) is 4.12. The van der Waals surface area contributed by atoms with Crippen molar-refractivity contribution in [2.45, 2.75) is 19.3 Å². The van der Waals surface area contributed by atoms with Crippen molar-refractivity contribution < 1.29 is 22.7 Å². The fourth-order valence-electron chi connectivity index (χ4n) is 3.64. The zero-order chi connectivity index (χ0) is 22.2. The van der Waals surface area contributed by atoms with Crippen molar-refractivity contribution >= 4 is 33.2 Å². The number of benzene rings is 3. The fraction of sp³-hybridized carbons (Fsp3) is 0.174. The largest absolute Gasteiger partial charge is 0.494 e. The third-order valence-electron chi connectivity index (χ3n) is 4.95. The smallest absolute Gasteiger partial charge is 0.416 e. The summed E-state index contributed by atoms with van der Waals surface area (Å²) in [5.74, 6) is 0.112. The summed E-state index contributed by atoms with van der Waals surface area (Å²) < 4.78 is 47.6. The highest BCUT2D eigenvalue weighted by Crippen LogP contribution is 2.42. The highest BCUT2D eigenvalue weighted by atomic mass is 79.9. The molecule has 31 heavy (non-hydrogen) atoms. The summed E-state index contributed by atoms with van der Waals surface area (Å²) in [5.41, 5.74) is 0.408. The minimum atomic E-state index is -4.57. The number of carbonyl (C=O) groups is 1. The van der Waals surface area contributed by atoms with E-state index in [0.717, 1.165) is 6.07 Å². The molecule has 1 atom stereocenters. The van der Waals surface area contributed by atoms with Crippen molar-refractivity contribution in [2.24, 2.45) is 0 Å². The monoisotopic (exact) mass is 490 g/mol. The maximum atomic E-state index is 13.8. The van der Waals surface area contributed by atoms with Crippen LogP contribution in [0.2, 0.25) is 0 Å². The predicted molar refractivity (Wildman–Crippen MR) is 116 cm³/mol. The van der Waals surface area contributed by atoms with Crippen LogP contribution in [0.3, 0.4) is 0 Å². The van der Waals surface area contributed by atoms with Crippen molar-refractivity contribution in [1.82, 2.24) is 0 Å². The summed E-state index contributed by atoms with van der Waals surface area (Å²) >= 11 is 3.36. The number of nitrogens with one attached hydrogen (secondary N) is 1. The van der Waals surface area contributed by atoms with Gasteiger partial charge in [-0.15, -0.1) is 0 Å². The Morgan fingerprint density at radius 2 is 1.84 bits per heavy atom. The van der Waals surface area contributed by atoms with Gasteiger partial charge in [0.05, 0.1) is 23.4 Å². The quantitative estimate of drug-likeness (QED) is 0.445. The lowest BCUT2D eigenvalue weighted by atomic mass is 9.98. The second-order valence-corrected chi connectivity index (χ2v) is 7.84. The Morgan fingerprint density at radius 1 is 1.06 bits per heavy atom. The standard InChI is InChI=1S/C23H18BrF3N2O2/c1-2-31-16-7-5-6-15(13-16)29-21(17-8-3-4-9-19(17)23(25,26)27)28-20-11-10-14(24)12-18(20)22(29)30/h3-13,21,28H,2H2,1H3. The number of ether oxygens (including phenoxy) is 1. The molecular formula is C23H18BrF3N2O2. The molecule has 0 aromatic heterocycles. The minimum Gasteiger partial charge on any atom is -0.494 e. The van der Waals surface area contributed by atoms with Gasteiger partial charge in [0.1, 0.15) is 11.9 Å². The highest BCUT2D eigenvalue weighted by molar-refractivity contribution is 9.10. The fourth-order valence-corrected chi connectivity index (χ4v) is 4.01. The van der Waals surface area contributed by atoms with Crippen LogP contribution in [0.5, 0.6) is 5.75 Å². The number of halogens is 4. The molecule has 8 heteroatoms. The first-order valence-electron chi connectivity index (χ1n) is 9.58. The molecule has 1 aliphatic rings. The number of rotatable bonds is 4. The molecular weight excluding hydrogens is 473 g/mol. The summed E-state index contributed by atoms with van der Waals surface area (Å²) in [5, 5.41) is 3.13. The van der Waals surface area contributed by atoms with Crippen molar-refractivity contribution in [3.63, 3.8) is 0 Å². The normalized spacial score (nSPS) is 16.0. The van der Waals surface area contributed by atoms with Crippen LogP contribution in [0.25, 0.3) is 0 Å². The number of carbonyl (C=O) groups excluding carboxylic acids is 1. The Labute approximate surface area is 185 Å². The molecule has 160 valence electrons. The Bertz CT molecular complexity index is 1130. The van der Waals surface area contributed by atoms with E-state index in [1.165, 1.54) is 23.1 Å². The van der Waals surface area contributed by atoms with Gasteiger partial charge < -0.3 is 10.1 Å². The number of anilines is 2. The molecule has 0 saturated heterocycles. The van der Waals surface area contributed by atoms with Gasteiger partial charge in [0.25, 0.3) is 5.91 Å². The Hall–Kier alpha value is -3.00. The lowest BCUT2D eigenvalue weighted by Crippen LogP contribution is -2.44. The Morgan fingerprint density at radius 3 is 2.58 bits per heavy atom. The van der Waals surface area contributed by atoms with E-state index in [1.54, 1.807) is 42.5 Å². The number of hydrogen-bond acceptors (Lipinski definition) is 3. The van der Waals surface area contributed by atoms with Crippen LogP contribution in [0, 0.1) is 0 Å². The summed E-state index contributed by atoms with van der Waals surface area (Å²) in [7, 11) is 0. The van der Waals surface area contributed by atoms with E-state index in [9.17, 15) is 18.0 Å². The number of hydrogen-bond donors (Lipinski definition) is 1. The first kappa shape index (κ1) is 21.2. The number of amides is 1. The van der Waals surface area contributed by atoms with Crippen LogP contribution in [0.15, 0.2) is 71.2 Å². The second kappa shape index (κ2) is 8.26. The van der Waals surface area contributed by atoms with Gasteiger partial charge in [0, 0.05) is 21.8 Å². The van der Waals surface area contributed by atoms with Gasteiger partial charge in [0.15, 0.2) is 0 Å². The van der Waals surface area contributed by atoms with E-state index < -0.39 is 23.8 Å². The van der Waals surface area contributed by atoms with E-state index in [1.807, 2.05) is 6.92 Å². The number of fused-ring (bicyclic) bond motifs is 1. The molecule has 4 nitrogen and oxygen atoms in total. The molecule has 1 N–H and O–H groups in total. The van der Waals surface area contributed by atoms with Gasteiger partial charge in [-0.3, -0.25) is 9.69 Å². The molecule has 0 fully saturated rings. The first-order chi connectivity index (χ1) is 14.8. The van der Waals surface area contributed by atoms with E-state index in [-0.39, 0.29) is 5.56 Å². The summed E-state index contributed by atoms with van der Waals surface area (Å²) in [4.78, 5) is 14.9. The molecule has 0 aliphatic carbocycles. The van der Waals surface area contributed by atoms with Crippen molar-refractivity contribution in [3.8, 4) is 5.75 Å². The van der Waals surface area contributed by atoms with Crippen molar-refractivity contribution in [2.75, 3.05) is 16.8 Å². The maximum absolute atomic E-state index is 13.8. The molecule has 0 saturated carbocycles. The third-order valence-corrected chi connectivity index (χ3v) is 5.44. The average Bonchev–Trinajstić information content (AvgIpc) is 2.74. The Balaban J connectivity index is 1.91. The lowest BCUT2D eigenvalue weighted by molar-refractivity contribution is -0.138. The summed E-state index contributed by atoms with van der Waals surface area (Å²) in [6.07, 6.45) is -5.63.